The van der Waals surface area contributed by atoms with E-state index < -0.39 is 17.9 Å². The minimum absolute atomic E-state index is 0.119. The third kappa shape index (κ3) is 4.60. The first kappa shape index (κ1) is 22.9. The zero-order valence-electron chi connectivity index (χ0n) is 18.5. The van der Waals surface area contributed by atoms with Gasteiger partial charge in [0.2, 0.25) is 5.91 Å². The summed E-state index contributed by atoms with van der Waals surface area (Å²) in [4.78, 5) is 31.9. The summed E-state index contributed by atoms with van der Waals surface area (Å²) in [6, 6.07) is 7.10. The van der Waals surface area contributed by atoms with E-state index in [2.05, 4.69) is 21.2 Å². The number of halogens is 1. The monoisotopic (exact) mass is 505 g/mol. The summed E-state index contributed by atoms with van der Waals surface area (Å²) in [6.07, 6.45) is 2.40. The molecule has 4 rings (SSSR count). The highest BCUT2D eigenvalue weighted by molar-refractivity contribution is 9.10. The van der Waals surface area contributed by atoms with Crippen LogP contribution in [0.1, 0.15) is 32.3 Å². The standard InChI is InChI=1S/C23H28BrN3O5/c1-14(2)20(26-22(29)30-3)21(28)27-13-23(31-8-9-32-23)11-19(27)18-10-16(12-25-18)15-4-6-17(24)7-5-15/h4-7,12,14,19-20H,8-11,13H2,1-3H3,(H,26,29)/t19-,20?/m0/s1. The number of rotatable bonds is 5. The Balaban J connectivity index is 1.56. The molecular weight excluding hydrogens is 478 g/mol. The molecule has 1 unspecified atom stereocenters. The van der Waals surface area contributed by atoms with Gasteiger partial charge in [0, 0.05) is 29.2 Å². The van der Waals surface area contributed by atoms with Gasteiger partial charge in [0.25, 0.3) is 0 Å². The van der Waals surface area contributed by atoms with Crippen LogP contribution in [-0.2, 0) is 19.0 Å². The topological polar surface area (TPSA) is 89.5 Å². The number of nitrogens with zero attached hydrogens (tertiary/aromatic N) is 2. The number of carbonyl (C=O) groups excluding carboxylic acids is 2. The number of aliphatic imine (C=N–C) groups is 1. The van der Waals surface area contributed by atoms with Gasteiger partial charge in [-0.3, -0.25) is 9.79 Å². The lowest BCUT2D eigenvalue weighted by Crippen LogP contribution is -2.54. The Labute approximate surface area is 196 Å². The number of amides is 2. The fraction of sp³-hybridized carbons (Fsp3) is 0.522. The smallest absolute Gasteiger partial charge is 0.407 e. The number of ether oxygens (including phenoxy) is 3. The Morgan fingerprint density at radius 2 is 1.94 bits per heavy atom. The molecule has 3 heterocycles. The van der Waals surface area contributed by atoms with E-state index in [-0.39, 0.29) is 17.9 Å². The highest BCUT2D eigenvalue weighted by Crippen LogP contribution is 2.38. The summed E-state index contributed by atoms with van der Waals surface area (Å²) in [6.45, 7) is 5.08. The quantitative estimate of drug-likeness (QED) is 0.662. The second-order valence-corrected chi connectivity index (χ2v) is 9.53. The lowest BCUT2D eigenvalue weighted by molar-refractivity contribution is -0.153. The van der Waals surface area contributed by atoms with E-state index in [0.29, 0.717) is 32.6 Å². The Bertz CT molecular complexity index is 937. The zero-order chi connectivity index (χ0) is 22.9. The van der Waals surface area contributed by atoms with E-state index in [1.54, 1.807) is 4.90 Å². The van der Waals surface area contributed by atoms with Crippen molar-refractivity contribution < 1.29 is 23.8 Å². The second kappa shape index (κ2) is 9.33. The predicted octanol–water partition coefficient (Wildman–Crippen LogP) is 3.36. The molecular formula is C23H28BrN3O5. The van der Waals surface area contributed by atoms with Gasteiger partial charge < -0.3 is 24.4 Å². The third-order valence-electron chi connectivity index (χ3n) is 6.14. The van der Waals surface area contributed by atoms with Crippen molar-refractivity contribution in [2.75, 3.05) is 26.9 Å². The number of alkyl carbamates (subject to hydrolysis) is 1. The van der Waals surface area contributed by atoms with Gasteiger partial charge in [0.15, 0.2) is 5.79 Å². The molecule has 3 aliphatic rings. The molecule has 0 aromatic heterocycles. The van der Waals surface area contributed by atoms with Crippen LogP contribution in [0.4, 0.5) is 4.79 Å². The van der Waals surface area contributed by atoms with Crippen LogP contribution in [0.3, 0.4) is 0 Å². The number of methoxy groups -OCH3 is 1. The lowest BCUT2D eigenvalue weighted by Gasteiger charge is -2.31. The summed E-state index contributed by atoms with van der Waals surface area (Å²) < 4.78 is 17.6. The van der Waals surface area contributed by atoms with Crippen molar-refractivity contribution in [1.82, 2.24) is 10.2 Å². The number of hydrogen-bond acceptors (Lipinski definition) is 6. The van der Waals surface area contributed by atoms with Crippen molar-refractivity contribution in [3.63, 3.8) is 0 Å². The zero-order valence-corrected chi connectivity index (χ0v) is 20.1. The van der Waals surface area contributed by atoms with Gasteiger partial charge in [0.05, 0.1) is 32.9 Å². The van der Waals surface area contributed by atoms with E-state index in [9.17, 15) is 9.59 Å². The predicted molar refractivity (Wildman–Crippen MR) is 123 cm³/mol. The molecule has 2 amide bonds. The SMILES string of the molecule is COC(=O)NC(C(=O)N1CC2(C[C@H]1C1=NC=C(c3ccc(Br)cc3)C1)OCCO2)C(C)C. The van der Waals surface area contributed by atoms with Crippen LogP contribution in [0.2, 0.25) is 0 Å². The van der Waals surface area contributed by atoms with E-state index >= 15 is 0 Å². The minimum Gasteiger partial charge on any atom is -0.453 e. The Morgan fingerprint density at radius 1 is 1.25 bits per heavy atom. The fourth-order valence-electron chi connectivity index (χ4n) is 4.44. The van der Waals surface area contributed by atoms with Crippen LogP contribution in [-0.4, -0.2) is 67.4 Å². The molecule has 2 fully saturated rings. The van der Waals surface area contributed by atoms with Crippen molar-refractivity contribution in [1.29, 1.82) is 0 Å². The van der Waals surface area contributed by atoms with Crippen molar-refractivity contribution in [2.24, 2.45) is 10.9 Å². The number of benzene rings is 1. The van der Waals surface area contributed by atoms with Gasteiger partial charge in [-0.05, 0) is 29.2 Å². The van der Waals surface area contributed by atoms with Gasteiger partial charge in [-0.2, -0.15) is 0 Å². The molecule has 172 valence electrons. The van der Waals surface area contributed by atoms with Crippen LogP contribution in [0.15, 0.2) is 39.9 Å². The molecule has 32 heavy (non-hydrogen) atoms. The van der Waals surface area contributed by atoms with Gasteiger partial charge in [-0.15, -0.1) is 0 Å². The first-order chi connectivity index (χ1) is 15.3. The normalized spacial score (nSPS) is 22.8. The summed E-state index contributed by atoms with van der Waals surface area (Å²) in [7, 11) is 1.29. The maximum absolute atomic E-state index is 13.6. The van der Waals surface area contributed by atoms with Gasteiger partial charge in [0.1, 0.15) is 6.04 Å². The number of hydrogen-bond donors (Lipinski definition) is 1. The summed E-state index contributed by atoms with van der Waals surface area (Å²) in [5.74, 6) is -1.13. The van der Waals surface area contributed by atoms with Crippen LogP contribution < -0.4 is 5.32 Å². The summed E-state index contributed by atoms with van der Waals surface area (Å²) >= 11 is 3.47. The van der Waals surface area contributed by atoms with Crippen LogP contribution >= 0.6 is 15.9 Å². The number of likely N-dealkylation sites (tertiary alicyclic amines) is 1. The van der Waals surface area contributed by atoms with E-state index in [1.165, 1.54) is 7.11 Å². The van der Waals surface area contributed by atoms with Crippen LogP contribution in [0.25, 0.3) is 5.57 Å². The van der Waals surface area contributed by atoms with Gasteiger partial charge >= 0.3 is 6.09 Å². The second-order valence-electron chi connectivity index (χ2n) is 8.61. The molecule has 1 aromatic rings. The molecule has 0 saturated carbocycles. The van der Waals surface area contributed by atoms with Gasteiger partial charge in [-0.25, -0.2) is 4.79 Å². The first-order valence-electron chi connectivity index (χ1n) is 10.8. The first-order valence-corrected chi connectivity index (χ1v) is 11.6. The van der Waals surface area contributed by atoms with Crippen LogP contribution in [0, 0.1) is 5.92 Å². The third-order valence-corrected chi connectivity index (χ3v) is 6.67. The molecule has 1 spiro atoms. The highest BCUT2D eigenvalue weighted by Gasteiger charge is 2.53. The number of nitrogens with one attached hydrogen (secondary N) is 1. The number of carbonyl (C=O) groups is 2. The Kier molecular flexibility index (Phi) is 6.69. The van der Waals surface area contributed by atoms with Gasteiger partial charge in [-0.1, -0.05) is 41.9 Å². The summed E-state index contributed by atoms with van der Waals surface area (Å²) in [5.41, 5.74) is 3.09. The largest absolute Gasteiger partial charge is 0.453 e. The molecule has 1 aromatic carbocycles. The molecule has 2 atom stereocenters. The van der Waals surface area contributed by atoms with Crippen molar-refractivity contribution in [2.45, 2.75) is 44.6 Å². The summed E-state index contributed by atoms with van der Waals surface area (Å²) in [5, 5.41) is 2.68. The average Bonchev–Trinajstić information content (AvgIpc) is 3.52. The maximum Gasteiger partial charge on any atom is 0.407 e. The molecule has 3 aliphatic heterocycles. The van der Waals surface area contributed by atoms with Crippen molar-refractivity contribution in [3.8, 4) is 0 Å². The minimum atomic E-state index is -0.823. The van der Waals surface area contributed by atoms with E-state index in [0.717, 1.165) is 21.3 Å². The molecule has 1 N–H and O–H groups in total. The molecule has 8 nitrogen and oxygen atoms in total. The molecule has 0 radical (unpaired) electrons. The highest BCUT2D eigenvalue weighted by atomic mass is 79.9. The Morgan fingerprint density at radius 3 is 2.56 bits per heavy atom. The maximum atomic E-state index is 13.6. The van der Waals surface area contributed by atoms with E-state index in [1.807, 2.05) is 44.3 Å². The van der Waals surface area contributed by atoms with E-state index in [4.69, 9.17) is 19.2 Å². The van der Waals surface area contributed by atoms with Crippen LogP contribution in [0.5, 0.6) is 0 Å². The Hall–Kier alpha value is -2.23. The fourth-order valence-corrected chi connectivity index (χ4v) is 4.71. The van der Waals surface area contributed by atoms with Crippen molar-refractivity contribution in [3.05, 3.63) is 40.5 Å². The van der Waals surface area contributed by atoms with Crippen molar-refractivity contribution >= 4 is 39.2 Å². The average molecular weight is 506 g/mol. The molecule has 2 saturated heterocycles. The lowest BCUT2D eigenvalue weighted by atomic mass is 9.97. The number of allylic oxidation sites excluding steroid dienone is 1. The molecule has 0 bridgehead atoms. The molecule has 0 aliphatic carbocycles. The molecule has 9 heteroatoms.